The van der Waals surface area contributed by atoms with E-state index in [4.69, 9.17) is 0 Å². The molecule has 1 amide bonds. The third-order valence-electron chi connectivity index (χ3n) is 3.31. The molecule has 0 fully saturated rings. The number of para-hydroxylation sites is 2. The summed E-state index contributed by atoms with van der Waals surface area (Å²) in [5.41, 5.74) is 4.02. The lowest BCUT2D eigenvalue weighted by Crippen LogP contribution is -2.14. The van der Waals surface area contributed by atoms with Crippen LogP contribution in [0.4, 0.5) is 5.69 Å². The maximum atomic E-state index is 12.3. The minimum absolute atomic E-state index is 0.193. The molecule has 0 aliphatic heterocycles. The van der Waals surface area contributed by atoms with Gasteiger partial charge in [0.15, 0.2) is 0 Å². The number of hydrogen-bond donors (Lipinski definition) is 1. The van der Waals surface area contributed by atoms with Crippen molar-refractivity contribution >= 4 is 11.6 Å². The average Bonchev–Trinajstić information content (AvgIpc) is 2.87. The van der Waals surface area contributed by atoms with Crippen LogP contribution in [0.15, 0.2) is 54.9 Å². The van der Waals surface area contributed by atoms with Gasteiger partial charge < -0.3 is 5.32 Å². The summed E-state index contributed by atoms with van der Waals surface area (Å²) in [5, 5.41) is 7.40. The van der Waals surface area contributed by atoms with E-state index in [9.17, 15) is 4.79 Å². The highest BCUT2D eigenvalue weighted by Gasteiger charge is 2.12. The largest absolute Gasteiger partial charge is 0.320 e. The number of anilines is 1. The van der Waals surface area contributed by atoms with E-state index in [0.717, 1.165) is 17.1 Å². The molecule has 5 nitrogen and oxygen atoms in total. The lowest BCUT2D eigenvalue weighted by molar-refractivity contribution is 0.102. The summed E-state index contributed by atoms with van der Waals surface area (Å²) >= 11 is 0. The highest BCUT2D eigenvalue weighted by molar-refractivity contribution is 6.05. The van der Waals surface area contributed by atoms with Crippen LogP contribution in [-0.4, -0.2) is 20.7 Å². The average molecular weight is 292 g/mol. The van der Waals surface area contributed by atoms with Gasteiger partial charge in [0.1, 0.15) is 0 Å². The number of rotatable bonds is 3. The van der Waals surface area contributed by atoms with Crippen molar-refractivity contribution in [2.75, 3.05) is 5.32 Å². The predicted octanol–water partition coefficient (Wildman–Crippen LogP) is 3.14. The first-order chi connectivity index (χ1) is 10.6. The van der Waals surface area contributed by atoms with Crippen molar-refractivity contribution in [1.29, 1.82) is 0 Å². The fourth-order valence-electron chi connectivity index (χ4n) is 2.33. The van der Waals surface area contributed by atoms with Crippen LogP contribution in [0.1, 0.15) is 21.7 Å². The van der Waals surface area contributed by atoms with Crippen molar-refractivity contribution < 1.29 is 4.79 Å². The molecule has 1 N–H and O–H groups in total. The molecule has 0 aliphatic rings. The first kappa shape index (κ1) is 14.0. The van der Waals surface area contributed by atoms with Crippen molar-refractivity contribution in [2.45, 2.75) is 13.8 Å². The number of nitrogens with zero attached hydrogens (tertiary/aromatic N) is 3. The van der Waals surface area contributed by atoms with Crippen molar-refractivity contribution in [1.82, 2.24) is 14.8 Å². The number of hydrogen-bond acceptors (Lipinski definition) is 3. The molecule has 22 heavy (non-hydrogen) atoms. The van der Waals surface area contributed by atoms with Gasteiger partial charge in [-0.05, 0) is 44.2 Å². The van der Waals surface area contributed by atoms with Crippen molar-refractivity contribution in [3.05, 3.63) is 71.8 Å². The third kappa shape index (κ3) is 2.74. The number of aromatic nitrogens is 3. The molecule has 3 aromatic rings. The Morgan fingerprint density at radius 3 is 2.64 bits per heavy atom. The number of carbonyl (C=O) groups is 1. The van der Waals surface area contributed by atoms with Crippen LogP contribution in [0.25, 0.3) is 5.69 Å². The van der Waals surface area contributed by atoms with Gasteiger partial charge in [-0.1, -0.05) is 12.1 Å². The van der Waals surface area contributed by atoms with Crippen LogP contribution in [0.2, 0.25) is 0 Å². The molecule has 0 bridgehead atoms. The van der Waals surface area contributed by atoms with Gasteiger partial charge in [0.2, 0.25) is 0 Å². The van der Waals surface area contributed by atoms with E-state index >= 15 is 0 Å². The maximum Gasteiger partial charge on any atom is 0.257 e. The lowest BCUT2D eigenvalue weighted by Gasteiger charge is -2.12. The normalized spacial score (nSPS) is 10.5. The van der Waals surface area contributed by atoms with Gasteiger partial charge >= 0.3 is 0 Å². The van der Waals surface area contributed by atoms with Gasteiger partial charge in [-0.3, -0.25) is 9.78 Å². The SMILES string of the molecule is Cc1cc(C)n(-c2ccccc2NC(=O)c2cccnc2)n1. The molecule has 5 heteroatoms. The van der Waals surface area contributed by atoms with E-state index in [1.54, 1.807) is 24.5 Å². The van der Waals surface area contributed by atoms with Gasteiger partial charge in [0.05, 0.1) is 22.6 Å². The summed E-state index contributed by atoms with van der Waals surface area (Å²) < 4.78 is 1.83. The molecule has 3 rings (SSSR count). The zero-order valence-corrected chi connectivity index (χ0v) is 12.4. The van der Waals surface area contributed by atoms with Gasteiger partial charge in [0.25, 0.3) is 5.91 Å². The minimum Gasteiger partial charge on any atom is -0.320 e. The molecule has 0 aliphatic carbocycles. The molecule has 0 unspecified atom stereocenters. The Morgan fingerprint density at radius 1 is 1.14 bits per heavy atom. The van der Waals surface area contributed by atoms with E-state index in [1.165, 1.54) is 0 Å². The molecule has 1 aromatic carbocycles. The zero-order chi connectivity index (χ0) is 15.5. The highest BCUT2D eigenvalue weighted by Crippen LogP contribution is 2.22. The van der Waals surface area contributed by atoms with E-state index in [2.05, 4.69) is 15.4 Å². The van der Waals surface area contributed by atoms with Crippen LogP contribution in [-0.2, 0) is 0 Å². The molecule has 2 aromatic heterocycles. The second-order valence-electron chi connectivity index (χ2n) is 5.05. The number of benzene rings is 1. The smallest absolute Gasteiger partial charge is 0.257 e. The number of nitrogens with one attached hydrogen (secondary N) is 1. The van der Waals surface area contributed by atoms with Gasteiger partial charge in [-0.2, -0.15) is 5.10 Å². The molecular weight excluding hydrogens is 276 g/mol. The molecule has 0 radical (unpaired) electrons. The Bertz CT molecular complexity index is 809. The summed E-state index contributed by atoms with van der Waals surface area (Å²) in [6.07, 6.45) is 3.18. The second kappa shape index (κ2) is 5.81. The standard InChI is InChI=1S/C17H16N4O/c1-12-10-13(2)21(20-12)16-8-4-3-7-15(16)19-17(22)14-6-5-9-18-11-14/h3-11H,1-2H3,(H,19,22). The number of pyridine rings is 1. The molecule has 2 heterocycles. The van der Waals surface area contributed by atoms with E-state index in [-0.39, 0.29) is 5.91 Å². The third-order valence-corrected chi connectivity index (χ3v) is 3.31. The molecule has 0 spiro atoms. The van der Waals surface area contributed by atoms with Crippen molar-refractivity contribution in [3.8, 4) is 5.69 Å². The van der Waals surface area contributed by atoms with Crippen LogP contribution >= 0.6 is 0 Å². The summed E-state index contributed by atoms with van der Waals surface area (Å²) in [7, 11) is 0. The molecule has 0 atom stereocenters. The molecule has 0 saturated heterocycles. The topological polar surface area (TPSA) is 59.8 Å². The Hall–Kier alpha value is -2.95. The fourth-order valence-corrected chi connectivity index (χ4v) is 2.33. The second-order valence-corrected chi connectivity index (χ2v) is 5.05. The monoisotopic (exact) mass is 292 g/mol. The van der Waals surface area contributed by atoms with E-state index in [1.807, 2.05) is 48.9 Å². The number of carbonyl (C=O) groups excluding carboxylic acids is 1. The first-order valence-electron chi connectivity index (χ1n) is 6.99. The van der Waals surface area contributed by atoms with Crippen LogP contribution in [0, 0.1) is 13.8 Å². The Kier molecular flexibility index (Phi) is 3.70. The summed E-state index contributed by atoms with van der Waals surface area (Å²) in [6.45, 7) is 3.93. The maximum absolute atomic E-state index is 12.3. The Morgan fingerprint density at radius 2 is 1.95 bits per heavy atom. The number of aryl methyl sites for hydroxylation is 2. The van der Waals surface area contributed by atoms with Crippen LogP contribution in [0.5, 0.6) is 0 Å². The Balaban J connectivity index is 1.96. The quantitative estimate of drug-likeness (QED) is 0.806. The van der Waals surface area contributed by atoms with E-state index < -0.39 is 0 Å². The predicted molar refractivity (Wildman–Crippen MR) is 85.2 cm³/mol. The van der Waals surface area contributed by atoms with Crippen LogP contribution in [0.3, 0.4) is 0 Å². The van der Waals surface area contributed by atoms with Gasteiger partial charge in [-0.25, -0.2) is 4.68 Å². The lowest BCUT2D eigenvalue weighted by atomic mass is 10.2. The molecular formula is C17H16N4O. The van der Waals surface area contributed by atoms with Crippen molar-refractivity contribution in [2.24, 2.45) is 0 Å². The zero-order valence-electron chi connectivity index (χ0n) is 12.4. The van der Waals surface area contributed by atoms with Gasteiger partial charge in [0, 0.05) is 18.1 Å². The summed E-state index contributed by atoms with van der Waals surface area (Å²) in [5.74, 6) is -0.193. The minimum atomic E-state index is -0.193. The number of amides is 1. The molecule has 110 valence electrons. The first-order valence-corrected chi connectivity index (χ1v) is 6.99. The van der Waals surface area contributed by atoms with Crippen molar-refractivity contribution in [3.63, 3.8) is 0 Å². The summed E-state index contributed by atoms with van der Waals surface area (Å²) in [4.78, 5) is 16.3. The molecule has 0 saturated carbocycles. The van der Waals surface area contributed by atoms with Crippen LogP contribution < -0.4 is 5.32 Å². The summed E-state index contributed by atoms with van der Waals surface area (Å²) in [6, 6.07) is 13.1. The fraction of sp³-hybridized carbons (Fsp3) is 0.118. The van der Waals surface area contributed by atoms with E-state index in [0.29, 0.717) is 11.3 Å². The van der Waals surface area contributed by atoms with Gasteiger partial charge in [-0.15, -0.1) is 0 Å². The Labute approximate surface area is 128 Å². The highest BCUT2D eigenvalue weighted by atomic mass is 16.1.